The van der Waals surface area contributed by atoms with Gasteiger partial charge in [-0.2, -0.15) is 0 Å². The molecule has 0 aliphatic rings. The van der Waals surface area contributed by atoms with Gasteiger partial charge < -0.3 is 5.73 Å². The van der Waals surface area contributed by atoms with Crippen molar-refractivity contribution < 1.29 is 8.42 Å². The Morgan fingerprint density at radius 3 is 2.71 bits per heavy atom. The van der Waals surface area contributed by atoms with Crippen molar-refractivity contribution in [2.75, 3.05) is 0 Å². The zero-order valence-corrected chi connectivity index (χ0v) is 11.4. The Morgan fingerprint density at radius 1 is 1.53 bits per heavy atom. The predicted octanol–water partition coefficient (Wildman–Crippen LogP) is 1.40. The molecule has 0 fully saturated rings. The van der Waals surface area contributed by atoms with Crippen molar-refractivity contribution in [2.45, 2.75) is 31.2 Å². The van der Waals surface area contributed by atoms with Crippen LogP contribution < -0.4 is 10.5 Å². The summed E-state index contributed by atoms with van der Waals surface area (Å²) >= 11 is 4.82. The molecule has 0 aliphatic carbocycles. The lowest BCUT2D eigenvalue weighted by Gasteiger charge is -2.12. The summed E-state index contributed by atoms with van der Waals surface area (Å²) in [6.45, 7) is 3.73. The van der Waals surface area contributed by atoms with Crippen LogP contribution in [-0.2, 0) is 10.0 Å². The monoisotopic (exact) mass is 272 g/mol. The lowest BCUT2D eigenvalue weighted by atomic mass is 10.2. The van der Waals surface area contributed by atoms with E-state index < -0.39 is 10.0 Å². The molecule has 0 saturated carbocycles. The molecule has 1 aromatic carbocycles. The van der Waals surface area contributed by atoms with Gasteiger partial charge >= 0.3 is 0 Å². The second kappa shape index (κ2) is 5.57. The van der Waals surface area contributed by atoms with Gasteiger partial charge in [-0.25, -0.2) is 13.1 Å². The molecular formula is C11H16N2O2S2. The molecule has 94 valence electrons. The van der Waals surface area contributed by atoms with Crippen LogP contribution in [0.1, 0.15) is 25.8 Å². The number of hydrogen-bond acceptors (Lipinski definition) is 3. The van der Waals surface area contributed by atoms with Crippen LogP contribution in [0.2, 0.25) is 0 Å². The normalized spacial score (nSPS) is 13.3. The van der Waals surface area contributed by atoms with Gasteiger partial charge in [-0.15, -0.1) is 0 Å². The van der Waals surface area contributed by atoms with Crippen LogP contribution in [-0.4, -0.2) is 19.4 Å². The van der Waals surface area contributed by atoms with Crippen molar-refractivity contribution in [2.24, 2.45) is 5.73 Å². The highest BCUT2D eigenvalue weighted by Crippen LogP contribution is 2.12. The Morgan fingerprint density at radius 2 is 2.18 bits per heavy atom. The fourth-order valence-electron chi connectivity index (χ4n) is 1.23. The summed E-state index contributed by atoms with van der Waals surface area (Å²) in [5, 5.41) is 0. The SMILES string of the molecule is CCC(C)NS(=O)(=O)c1cccc(C(N)=S)c1. The number of hydrogen-bond donors (Lipinski definition) is 2. The lowest BCUT2D eigenvalue weighted by molar-refractivity contribution is 0.556. The summed E-state index contributed by atoms with van der Waals surface area (Å²) in [7, 11) is -3.49. The van der Waals surface area contributed by atoms with Crippen LogP contribution in [0.3, 0.4) is 0 Å². The second-order valence-electron chi connectivity index (χ2n) is 3.82. The van der Waals surface area contributed by atoms with Gasteiger partial charge in [0.05, 0.1) is 4.90 Å². The highest BCUT2D eigenvalue weighted by Gasteiger charge is 2.16. The Kier molecular flexibility index (Phi) is 4.62. The molecule has 0 heterocycles. The van der Waals surface area contributed by atoms with E-state index in [0.717, 1.165) is 6.42 Å². The molecule has 3 N–H and O–H groups in total. The average Bonchev–Trinajstić information content (AvgIpc) is 2.28. The maximum atomic E-state index is 12.0. The Hall–Kier alpha value is -0.980. The Labute approximate surface area is 107 Å². The fourth-order valence-corrected chi connectivity index (χ4v) is 2.73. The Balaban J connectivity index is 3.07. The van der Waals surface area contributed by atoms with Gasteiger partial charge in [0.15, 0.2) is 0 Å². The van der Waals surface area contributed by atoms with Gasteiger partial charge in [-0.05, 0) is 25.5 Å². The molecule has 1 atom stereocenters. The number of nitrogens with two attached hydrogens (primary N) is 1. The number of rotatable bonds is 5. The topological polar surface area (TPSA) is 72.2 Å². The van der Waals surface area contributed by atoms with E-state index in [1.165, 1.54) is 12.1 Å². The maximum Gasteiger partial charge on any atom is 0.240 e. The zero-order valence-electron chi connectivity index (χ0n) is 9.80. The van der Waals surface area contributed by atoms with Gasteiger partial charge in [0.1, 0.15) is 4.99 Å². The van der Waals surface area contributed by atoms with Crippen molar-refractivity contribution in [3.8, 4) is 0 Å². The van der Waals surface area contributed by atoms with E-state index in [0.29, 0.717) is 5.56 Å². The molecule has 0 saturated heterocycles. The van der Waals surface area contributed by atoms with Gasteiger partial charge in [0.2, 0.25) is 10.0 Å². The van der Waals surface area contributed by atoms with E-state index in [9.17, 15) is 8.42 Å². The molecule has 0 radical (unpaired) electrons. The summed E-state index contributed by atoms with van der Waals surface area (Å²) in [6, 6.07) is 6.21. The fraction of sp³-hybridized carbons (Fsp3) is 0.364. The van der Waals surface area contributed by atoms with Crippen LogP contribution in [0.15, 0.2) is 29.2 Å². The highest BCUT2D eigenvalue weighted by molar-refractivity contribution is 7.89. The molecule has 0 amide bonds. The summed E-state index contributed by atoms with van der Waals surface area (Å²) in [4.78, 5) is 0.369. The van der Waals surface area contributed by atoms with E-state index in [4.69, 9.17) is 18.0 Å². The standard InChI is InChI=1S/C11H16N2O2S2/c1-3-8(2)13-17(14,15)10-6-4-5-9(7-10)11(12)16/h4-8,13H,3H2,1-2H3,(H2,12,16). The number of thiocarbonyl (C=S) groups is 1. The number of sulfonamides is 1. The molecule has 0 aromatic heterocycles. The first-order valence-electron chi connectivity index (χ1n) is 5.29. The van der Waals surface area contributed by atoms with E-state index in [1.807, 2.05) is 13.8 Å². The second-order valence-corrected chi connectivity index (χ2v) is 5.98. The van der Waals surface area contributed by atoms with E-state index >= 15 is 0 Å². The van der Waals surface area contributed by atoms with Crippen LogP contribution in [0.5, 0.6) is 0 Å². The summed E-state index contributed by atoms with van der Waals surface area (Å²) in [6.07, 6.45) is 0.730. The van der Waals surface area contributed by atoms with Crippen molar-refractivity contribution in [3.63, 3.8) is 0 Å². The van der Waals surface area contributed by atoms with Crippen LogP contribution in [0.4, 0.5) is 0 Å². The third-order valence-electron chi connectivity index (χ3n) is 2.40. The van der Waals surface area contributed by atoms with Crippen LogP contribution in [0, 0.1) is 0 Å². The van der Waals surface area contributed by atoms with Crippen LogP contribution in [0.25, 0.3) is 0 Å². The molecule has 0 spiro atoms. The minimum Gasteiger partial charge on any atom is -0.389 e. The van der Waals surface area contributed by atoms with Crippen LogP contribution >= 0.6 is 12.2 Å². The van der Waals surface area contributed by atoms with Crippen molar-refractivity contribution in [1.82, 2.24) is 4.72 Å². The average molecular weight is 272 g/mol. The first kappa shape index (κ1) is 14.1. The Bertz CT molecular complexity index is 512. The van der Waals surface area contributed by atoms with Gasteiger partial charge in [-0.3, -0.25) is 0 Å². The molecule has 1 unspecified atom stereocenters. The molecule has 1 rings (SSSR count). The molecule has 0 bridgehead atoms. The summed E-state index contributed by atoms with van der Waals surface area (Å²) in [5.74, 6) is 0. The number of benzene rings is 1. The highest BCUT2D eigenvalue weighted by atomic mass is 32.2. The predicted molar refractivity (Wildman–Crippen MR) is 72.4 cm³/mol. The molecule has 0 aliphatic heterocycles. The molecule has 1 aromatic rings. The van der Waals surface area contributed by atoms with Gasteiger partial charge in [-0.1, -0.05) is 31.3 Å². The maximum absolute atomic E-state index is 12.0. The smallest absolute Gasteiger partial charge is 0.240 e. The zero-order chi connectivity index (χ0) is 13.1. The van der Waals surface area contributed by atoms with Gasteiger partial charge in [0.25, 0.3) is 0 Å². The van der Waals surface area contributed by atoms with E-state index in [1.54, 1.807) is 12.1 Å². The van der Waals surface area contributed by atoms with Crippen molar-refractivity contribution in [3.05, 3.63) is 29.8 Å². The first-order valence-corrected chi connectivity index (χ1v) is 7.18. The molecule has 17 heavy (non-hydrogen) atoms. The molecule has 6 heteroatoms. The molecule has 4 nitrogen and oxygen atoms in total. The first-order chi connectivity index (χ1) is 7.86. The summed E-state index contributed by atoms with van der Waals surface area (Å²) in [5.41, 5.74) is 6.02. The molecular weight excluding hydrogens is 256 g/mol. The largest absolute Gasteiger partial charge is 0.389 e. The third-order valence-corrected chi connectivity index (χ3v) is 4.22. The van der Waals surface area contributed by atoms with Gasteiger partial charge in [0, 0.05) is 11.6 Å². The van der Waals surface area contributed by atoms with E-state index in [-0.39, 0.29) is 15.9 Å². The number of nitrogens with one attached hydrogen (secondary N) is 1. The minimum absolute atomic E-state index is 0.103. The summed E-state index contributed by atoms with van der Waals surface area (Å²) < 4.78 is 26.5. The minimum atomic E-state index is -3.49. The quantitative estimate of drug-likeness (QED) is 0.795. The third kappa shape index (κ3) is 3.76. The lowest BCUT2D eigenvalue weighted by Crippen LogP contribution is -2.32. The van der Waals surface area contributed by atoms with Crippen molar-refractivity contribution in [1.29, 1.82) is 0 Å². The van der Waals surface area contributed by atoms with Crippen molar-refractivity contribution >= 4 is 27.2 Å². The van der Waals surface area contributed by atoms with E-state index in [2.05, 4.69) is 4.72 Å².